The molecule has 15 heavy (non-hydrogen) atoms. The zero-order valence-electron chi connectivity index (χ0n) is 9.34. The Kier molecular flexibility index (Phi) is 3.13. The van der Waals surface area contributed by atoms with Gasteiger partial charge in [-0.25, -0.2) is 9.97 Å². The second kappa shape index (κ2) is 4.23. The van der Waals surface area contributed by atoms with Crippen molar-refractivity contribution < 1.29 is 0 Å². The van der Waals surface area contributed by atoms with Crippen molar-refractivity contribution in [3.63, 3.8) is 0 Å². The van der Waals surface area contributed by atoms with Crippen molar-refractivity contribution in [1.82, 2.24) is 9.97 Å². The third kappa shape index (κ3) is 2.24. The lowest BCUT2D eigenvalue weighted by molar-refractivity contribution is 0.777. The van der Waals surface area contributed by atoms with E-state index in [-0.39, 0.29) is 0 Å². The zero-order chi connectivity index (χ0) is 11.0. The molecule has 0 radical (unpaired) electrons. The molecule has 0 aliphatic heterocycles. The highest BCUT2D eigenvalue weighted by molar-refractivity contribution is 14.1. The van der Waals surface area contributed by atoms with Gasteiger partial charge in [-0.15, -0.1) is 0 Å². The fourth-order valence-corrected chi connectivity index (χ4v) is 2.69. The maximum atomic E-state index is 4.68. The van der Waals surface area contributed by atoms with E-state index >= 15 is 0 Å². The molecule has 0 bridgehead atoms. The second-order valence-electron chi connectivity index (χ2n) is 4.31. The first-order valence-corrected chi connectivity index (χ1v) is 6.46. The summed E-state index contributed by atoms with van der Waals surface area (Å²) < 4.78 is 1.16. The Hall–Kier alpha value is -0.390. The Balaban J connectivity index is 2.47. The molecule has 3 nitrogen and oxygen atoms in total. The highest BCUT2D eigenvalue weighted by Crippen LogP contribution is 2.39. The third-order valence-electron chi connectivity index (χ3n) is 2.62. The lowest BCUT2D eigenvalue weighted by Gasteiger charge is -2.12. The molecule has 0 aromatic carbocycles. The first-order chi connectivity index (χ1) is 7.13. The van der Waals surface area contributed by atoms with Crippen LogP contribution in [0.2, 0.25) is 0 Å². The molecule has 4 heteroatoms. The summed E-state index contributed by atoms with van der Waals surface area (Å²) >= 11 is 2.33. The van der Waals surface area contributed by atoms with Crippen molar-refractivity contribution in [1.29, 1.82) is 0 Å². The highest BCUT2D eigenvalue weighted by Gasteiger charge is 2.28. The van der Waals surface area contributed by atoms with Crippen molar-refractivity contribution in [3.05, 3.63) is 15.1 Å². The highest BCUT2D eigenvalue weighted by atomic mass is 127. The van der Waals surface area contributed by atoms with Crippen molar-refractivity contribution in [2.45, 2.75) is 38.5 Å². The van der Waals surface area contributed by atoms with E-state index in [1.54, 1.807) is 0 Å². The number of rotatable bonds is 3. The summed E-state index contributed by atoms with van der Waals surface area (Å²) in [5, 5.41) is 3.15. The number of halogens is 1. The van der Waals surface area contributed by atoms with Crippen molar-refractivity contribution in [2.24, 2.45) is 0 Å². The monoisotopic (exact) mass is 317 g/mol. The standard InChI is InChI=1S/C11H16IN3/c1-6(2)9-8(12)11(13-3)15-10(14-9)7-4-5-7/h6-7H,4-5H2,1-3H3,(H,13,14,15). The number of hydrogen-bond donors (Lipinski definition) is 1. The summed E-state index contributed by atoms with van der Waals surface area (Å²) in [4.78, 5) is 9.25. The summed E-state index contributed by atoms with van der Waals surface area (Å²) in [5.41, 5.74) is 1.18. The van der Waals surface area contributed by atoms with Crippen molar-refractivity contribution in [2.75, 3.05) is 12.4 Å². The number of aromatic nitrogens is 2. The van der Waals surface area contributed by atoms with Crippen LogP contribution < -0.4 is 5.32 Å². The Labute approximate surface area is 104 Å². The van der Waals surface area contributed by atoms with Gasteiger partial charge in [-0.05, 0) is 41.4 Å². The quantitative estimate of drug-likeness (QED) is 0.871. The predicted octanol–water partition coefficient (Wildman–Crippen LogP) is 3.12. The molecule has 0 spiro atoms. The van der Waals surface area contributed by atoms with Crippen LogP contribution in [0.15, 0.2) is 0 Å². The van der Waals surface area contributed by atoms with E-state index in [0.717, 1.165) is 15.2 Å². The fourth-order valence-electron chi connectivity index (χ4n) is 1.55. The van der Waals surface area contributed by atoms with Gasteiger partial charge < -0.3 is 5.32 Å². The van der Waals surface area contributed by atoms with Crippen LogP contribution in [0.1, 0.15) is 50.0 Å². The van der Waals surface area contributed by atoms with Crippen molar-refractivity contribution >= 4 is 28.4 Å². The molecule has 1 aliphatic carbocycles. The Bertz CT molecular complexity index is 372. The van der Waals surface area contributed by atoms with Gasteiger partial charge in [-0.3, -0.25) is 0 Å². The molecular weight excluding hydrogens is 301 g/mol. The van der Waals surface area contributed by atoms with Crippen LogP contribution >= 0.6 is 22.6 Å². The summed E-state index contributed by atoms with van der Waals surface area (Å²) in [6.45, 7) is 4.36. The molecule has 1 aromatic rings. The maximum absolute atomic E-state index is 4.68. The summed E-state index contributed by atoms with van der Waals surface area (Å²) in [6, 6.07) is 0. The van der Waals surface area contributed by atoms with E-state index in [1.165, 1.54) is 18.5 Å². The molecule has 1 fully saturated rings. The lowest BCUT2D eigenvalue weighted by Crippen LogP contribution is -2.08. The van der Waals surface area contributed by atoms with Crippen LogP contribution in [0, 0.1) is 3.57 Å². The molecule has 1 aromatic heterocycles. The van der Waals surface area contributed by atoms with Gasteiger partial charge >= 0.3 is 0 Å². The topological polar surface area (TPSA) is 37.8 Å². The van der Waals surface area contributed by atoms with Crippen LogP contribution in [0.4, 0.5) is 5.82 Å². The Morgan fingerprint density at radius 1 is 1.33 bits per heavy atom. The molecule has 1 saturated carbocycles. The Morgan fingerprint density at radius 2 is 2.00 bits per heavy atom. The fraction of sp³-hybridized carbons (Fsp3) is 0.636. The van der Waals surface area contributed by atoms with E-state index in [9.17, 15) is 0 Å². The van der Waals surface area contributed by atoms with Gasteiger partial charge in [0.15, 0.2) is 0 Å². The normalized spacial score (nSPS) is 15.8. The van der Waals surface area contributed by atoms with Crippen LogP contribution in [-0.2, 0) is 0 Å². The third-order valence-corrected chi connectivity index (χ3v) is 3.68. The van der Waals surface area contributed by atoms with Gasteiger partial charge in [0.2, 0.25) is 0 Å². The molecule has 0 saturated heterocycles. The number of nitrogens with one attached hydrogen (secondary N) is 1. The predicted molar refractivity (Wildman–Crippen MR) is 70.4 cm³/mol. The molecule has 1 N–H and O–H groups in total. The molecule has 2 rings (SSSR count). The maximum Gasteiger partial charge on any atom is 0.143 e. The van der Waals surface area contributed by atoms with E-state index in [2.05, 4.69) is 51.7 Å². The minimum absolute atomic E-state index is 0.462. The lowest BCUT2D eigenvalue weighted by atomic mass is 10.1. The average molecular weight is 317 g/mol. The minimum Gasteiger partial charge on any atom is -0.372 e. The van der Waals surface area contributed by atoms with Gasteiger partial charge in [0.05, 0.1) is 9.26 Å². The van der Waals surface area contributed by atoms with Gasteiger partial charge in [0, 0.05) is 13.0 Å². The van der Waals surface area contributed by atoms with E-state index in [4.69, 9.17) is 0 Å². The molecule has 0 atom stereocenters. The first kappa shape index (κ1) is 11.1. The molecular formula is C11H16IN3. The smallest absolute Gasteiger partial charge is 0.143 e. The number of hydrogen-bond acceptors (Lipinski definition) is 3. The van der Waals surface area contributed by atoms with E-state index in [0.29, 0.717) is 11.8 Å². The molecule has 0 amide bonds. The Morgan fingerprint density at radius 3 is 2.47 bits per heavy atom. The van der Waals surface area contributed by atoms with Crippen LogP contribution in [0.3, 0.4) is 0 Å². The second-order valence-corrected chi connectivity index (χ2v) is 5.39. The molecule has 1 heterocycles. The van der Waals surface area contributed by atoms with Gasteiger partial charge in [-0.2, -0.15) is 0 Å². The number of nitrogens with zero attached hydrogens (tertiary/aromatic N) is 2. The van der Waals surface area contributed by atoms with Gasteiger partial charge in [0.25, 0.3) is 0 Å². The average Bonchev–Trinajstić information content (AvgIpc) is 3.01. The minimum atomic E-state index is 0.462. The SMILES string of the molecule is CNc1nc(C2CC2)nc(C(C)C)c1I. The zero-order valence-corrected chi connectivity index (χ0v) is 11.5. The summed E-state index contributed by atoms with van der Waals surface area (Å²) in [6.07, 6.45) is 2.50. The van der Waals surface area contributed by atoms with Crippen LogP contribution in [-0.4, -0.2) is 17.0 Å². The molecule has 82 valence electrons. The largest absolute Gasteiger partial charge is 0.372 e. The van der Waals surface area contributed by atoms with E-state index < -0.39 is 0 Å². The van der Waals surface area contributed by atoms with Crippen molar-refractivity contribution in [3.8, 4) is 0 Å². The summed E-state index contributed by atoms with van der Waals surface area (Å²) in [7, 11) is 1.92. The molecule has 0 unspecified atom stereocenters. The molecule has 1 aliphatic rings. The van der Waals surface area contributed by atoms with Crippen LogP contribution in [0.5, 0.6) is 0 Å². The van der Waals surface area contributed by atoms with Crippen LogP contribution in [0.25, 0.3) is 0 Å². The first-order valence-electron chi connectivity index (χ1n) is 5.38. The van der Waals surface area contributed by atoms with E-state index in [1.807, 2.05) is 7.05 Å². The van der Waals surface area contributed by atoms with Gasteiger partial charge in [0.1, 0.15) is 11.6 Å². The summed E-state index contributed by atoms with van der Waals surface area (Å²) in [5.74, 6) is 3.09. The van der Waals surface area contributed by atoms with Gasteiger partial charge in [-0.1, -0.05) is 13.8 Å². The number of anilines is 1.